The monoisotopic (exact) mass is 488 g/mol. The largest absolute Gasteiger partial charge is 0.271 e. The Morgan fingerprint density at radius 3 is 1.70 bits per heavy atom. The molecule has 0 fully saturated rings. The summed E-state index contributed by atoms with van der Waals surface area (Å²) in [6, 6.07) is 16.9. The second kappa shape index (κ2) is 6.51. The Kier molecular flexibility index (Phi) is 4.78. The summed E-state index contributed by atoms with van der Waals surface area (Å²) in [5.41, 5.74) is 4.55. The van der Waals surface area contributed by atoms with Crippen molar-refractivity contribution in [3.8, 4) is 0 Å². The van der Waals surface area contributed by atoms with Gasteiger partial charge in [-0.2, -0.15) is 0 Å². The molecular formula is C20H17ClHfO. The second-order valence-electron chi connectivity index (χ2n) is 6.19. The summed E-state index contributed by atoms with van der Waals surface area (Å²) in [6.07, 6.45) is 8.75. The van der Waals surface area contributed by atoms with Gasteiger partial charge in [-0.25, -0.2) is 0 Å². The van der Waals surface area contributed by atoms with E-state index in [1.807, 2.05) is 0 Å². The van der Waals surface area contributed by atoms with Crippen LogP contribution in [0.5, 0.6) is 0 Å². The van der Waals surface area contributed by atoms with Gasteiger partial charge in [0, 0.05) is 37.7 Å². The molecule has 0 spiro atoms. The molecule has 2 aromatic rings. The zero-order chi connectivity index (χ0) is 15.2. The Morgan fingerprint density at radius 2 is 1.26 bits per heavy atom. The molecule has 0 amide bonds. The van der Waals surface area contributed by atoms with E-state index in [1.54, 1.807) is 0 Å². The van der Waals surface area contributed by atoms with Gasteiger partial charge in [-0.1, -0.05) is 72.8 Å². The third kappa shape index (κ3) is 2.61. The quantitative estimate of drug-likeness (QED) is 0.518. The minimum atomic E-state index is -0.520. The van der Waals surface area contributed by atoms with E-state index in [2.05, 4.69) is 79.8 Å². The molecule has 1 nitrogen and oxygen atoms in total. The first-order valence-corrected chi connectivity index (χ1v) is 7.89. The van der Waals surface area contributed by atoms with E-state index in [0.717, 1.165) is 0 Å². The Labute approximate surface area is 161 Å². The smallest absolute Gasteiger partial charge is 0.107 e. The average molecular weight is 487 g/mol. The summed E-state index contributed by atoms with van der Waals surface area (Å²) in [6.45, 7) is 2.11. The molecule has 0 heterocycles. The minimum absolute atomic E-state index is 0. The molecule has 2 aliphatic carbocycles. The van der Waals surface area contributed by atoms with Gasteiger partial charge in [0.1, 0.15) is 5.60 Å². The zero-order valence-electron chi connectivity index (χ0n) is 12.9. The molecule has 0 saturated carbocycles. The van der Waals surface area contributed by atoms with Crippen LogP contribution in [0.4, 0.5) is 0 Å². The average Bonchev–Trinajstić information content (AvgIpc) is 3.19. The molecule has 0 aliphatic heterocycles. The van der Waals surface area contributed by atoms with Crippen LogP contribution in [-0.2, 0) is 30.1 Å². The fourth-order valence-corrected chi connectivity index (χ4v) is 3.98. The first kappa shape index (κ1) is 16.9. The summed E-state index contributed by atoms with van der Waals surface area (Å²) in [5, 5.41) is 0. The molecule has 2 unspecified atom stereocenters. The fourth-order valence-electron chi connectivity index (χ4n) is 3.79. The summed E-state index contributed by atoms with van der Waals surface area (Å²) in [5.74, 6) is 0.281. The fraction of sp³-hybridized carbons (Fsp3) is 0.200. The number of hydrogen-bond acceptors (Lipinski definition) is 1. The van der Waals surface area contributed by atoms with E-state index in [0.29, 0.717) is 0 Å². The van der Waals surface area contributed by atoms with E-state index in [4.69, 9.17) is 16.2 Å². The molecular weight excluding hydrogens is 470 g/mol. The van der Waals surface area contributed by atoms with Crippen LogP contribution in [0.25, 0.3) is 12.2 Å². The van der Waals surface area contributed by atoms with Crippen molar-refractivity contribution in [3.63, 3.8) is 0 Å². The molecule has 0 radical (unpaired) electrons. The second-order valence-corrected chi connectivity index (χ2v) is 6.35. The summed E-state index contributed by atoms with van der Waals surface area (Å²) in [4.78, 5) is 0. The summed E-state index contributed by atoms with van der Waals surface area (Å²) in [7, 11) is 0. The summed E-state index contributed by atoms with van der Waals surface area (Å²) < 4.78 is 5.59. The van der Waals surface area contributed by atoms with Crippen molar-refractivity contribution < 1.29 is 30.1 Å². The Hall–Kier alpha value is -0.960. The van der Waals surface area contributed by atoms with E-state index in [-0.39, 0.29) is 37.7 Å². The maximum Gasteiger partial charge on any atom is 0.107 e. The number of rotatable bonds is 3. The van der Waals surface area contributed by atoms with Crippen molar-refractivity contribution in [2.24, 2.45) is 0 Å². The predicted molar refractivity (Wildman–Crippen MR) is 91.8 cm³/mol. The van der Waals surface area contributed by atoms with Crippen LogP contribution in [-0.4, -0.2) is 5.60 Å². The van der Waals surface area contributed by atoms with Crippen LogP contribution in [0.15, 0.2) is 60.7 Å². The molecule has 2 aliphatic rings. The molecule has 2 aromatic carbocycles. The number of halogens is 1. The maximum absolute atomic E-state index is 6.03. The van der Waals surface area contributed by atoms with E-state index >= 15 is 0 Å². The van der Waals surface area contributed by atoms with Crippen molar-refractivity contribution >= 4 is 24.0 Å². The Morgan fingerprint density at radius 1 is 0.826 bits per heavy atom. The zero-order valence-corrected chi connectivity index (χ0v) is 17.2. The van der Waals surface area contributed by atoms with Gasteiger partial charge in [-0.3, -0.25) is 4.29 Å². The normalized spacial score (nSPS) is 23.0. The van der Waals surface area contributed by atoms with Gasteiger partial charge in [0.2, 0.25) is 0 Å². The van der Waals surface area contributed by atoms with Gasteiger partial charge >= 0.3 is 0 Å². The van der Waals surface area contributed by atoms with Crippen LogP contribution < -0.4 is 0 Å². The van der Waals surface area contributed by atoms with E-state index < -0.39 is 5.60 Å². The SMILES string of the molecule is CC(OCl)(C1C=Cc2ccccc21)C1C=Cc2ccccc21.[Hf]. The minimum Gasteiger partial charge on any atom is -0.271 e. The van der Waals surface area contributed by atoms with Gasteiger partial charge in [-0.15, -0.1) is 0 Å². The van der Waals surface area contributed by atoms with E-state index in [9.17, 15) is 0 Å². The van der Waals surface area contributed by atoms with Crippen LogP contribution in [0.3, 0.4) is 0 Å². The molecule has 0 N–H and O–H groups in total. The molecule has 0 aromatic heterocycles. The van der Waals surface area contributed by atoms with Crippen molar-refractivity contribution in [2.45, 2.75) is 24.4 Å². The standard InChI is InChI=1S/C20H17ClO.Hf/c1-20(22-21,18-12-10-14-6-2-4-8-16(14)18)19-13-11-15-7-3-5-9-17(15)19;/h2-13,18-19H,1H3;. The number of benzene rings is 2. The maximum atomic E-state index is 6.03. The number of fused-ring (bicyclic) bond motifs is 2. The molecule has 0 saturated heterocycles. The van der Waals surface area contributed by atoms with Crippen molar-refractivity contribution in [1.29, 1.82) is 0 Å². The summed E-state index contributed by atoms with van der Waals surface area (Å²) >= 11 is 6.03. The van der Waals surface area contributed by atoms with E-state index in [1.165, 1.54) is 22.3 Å². The van der Waals surface area contributed by atoms with Crippen LogP contribution >= 0.6 is 11.9 Å². The van der Waals surface area contributed by atoms with Crippen LogP contribution in [0, 0.1) is 0 Å². The molecule has 23 heavy (non-hydrogen) atoms. The van der Waals surface area contributed by atoms with Crippen molar-refractivity contribution in [2.75, 3.05) is 0 Å². The topological polar surface area (TPSA) is 9.23 Å². The molecule has 4 rings (SSSR count). The first-order chi connectivity index (χ1) is 10.7. The van der Waals surface area contributed by atoms with Crippen LogP contribution in [0.2, 0.25) is 0 Å². The van der Waals surface area contributed by atoms with Gasteiger partial charge in [0.05, 0.1) is 11.9 Å². The molecule has 114 valence electrons. The first-order valence-electron chi connectivity index (χ1n) is 7.58. The Bertz CT molecular complexity index is 719. The van der Waals surface area contributed by atoms with Gasteiger partial charge < -0.3 is 0 Å². The molecule has 0 bridgehead atoms. The third-order valence-corrected chi connectivity index (χ3v) is 5.33. The van der Waals surface area contributed by atoms with Crippen molar-refractivity contribution in [1.82, 2.24) is 0 Å². The Balaban J connectivity index is 0.00000156. The molecule has 2 atom stereocenters. The molecule has 3 heteroatoms. The van der Waals surface area contributed by atoms with Crippen molar-refractivity contribution in [3.05, 3.63) is 82.9 Å². The van der Waals surface area contributed by atoms with Gasteiger partial charge in [0.25, 0.3) is 0 Å². The number of hydrogen-bond donors (Lipinski definition) is 0. The van der Waals surface area contributed by atoms with Crippen LogP contribution in [0.1, 0.15) is 41.0 Å². The van der Waals surface area contributed by atoms with Gasteiger partial charge in [0.15, 0.2) is 0 Å². The van der Waals surface area contributed by atoms with Gasteiger partial charge in [-0.05, 0) is 29.2 Å². The predicted octanol–water partition coefficient (Wildman–Crippen LogP) is 5.53. The third-order valence-electron chi connectivity index (χ3n) is 5.00.